The van der Waals surface area contributed by atoms with Gasteiger partial charge in [0.1, 0.15) is 0 Å². The number of rotatable bonds is 4. The SMILES string of the molecule is Nc1cccc(C(=O)N[C@@H](CO)C(=O)O)c1. The molecular formula is C10H12N2O4. The van der Waals surface area contributed by atoms with Gasteiger partial charge in [0.15, 0.2) is 6.04 Å². The third kappa shape index (κ3) is 2.96. The van der Waals surface area contributed by atoms with E-state index in [1.807, 2.05) is 0 Å². The molecular weight excluding hydrogens is 212 g/mol. The molecule has 0 fully saturated rings. The van der Waals surface area contributed by atoms with Crippen molar-refractivity contribution in [3.63, 3.8) is 0 Å². The number of carboxylic acid groups (broad SMARTS) is 1. The van der Waals surface area contributed by atoms with Crippen LogP contribution < -0.4 is 11.1 Å². The van der Waals surface area contributed by atoms with E-state index in [4.69, 9.17) is 15.9 Å². The van der Waals surface area contributed by atoms with Crippen LogP contribution >= 0.6 is 0 Å². The van der Waals surface area contributed by atoms with Gasteiger partial charge in [0, 0.05) is 11.3 Å². The molecule has 6 heteroatoms. The number of carbonyl (C=O) groups excluding carboxylic acids is 1. The fourth-order valence-electron chi connectivity index (χ4n) is 1.11. The summed E-state index contributed by atoms with van der Waals surface area (Å²) in [6.07, 6.45) is 0. The second-order valence-corrected chi connectivity index (χ2v) is 3.17. The number of aliphatic hydroxyl groups is 1. The highest BCUT2D eigenvalue weighted by Gasteiger charge is 2.19. The maximum Gasteiger partial charge on any atom is 0.328 e. The molecule has 0 aromatic heterocycles. The van der Waals surface area contributed by atoms with Gasteiger partial charge in [0.25, 0.3) is 5.91 Å². The largest absolute Gasteiger partial charge is 0.480 e. The Morgan fingerprint density at radius 2 is 2.12 bits per heavy atom. The number of nitrogen functional groups attached to an aromatic ring is 1. The van der Waals surface area contributed by atoms with Gasteiger partial charge in [-0.2, -0.15) is 0 Å². The first kappa shape index (κ1) is 12.0. The maximum absolute atomic E-state index is 11.5. The molecule has 1 atom stereocenters. The van der Waals surface area contributed by atoms with Gasteiger partial charge in [-0.1, -0.05) is 6.07 Å². The van der Waals surface area contributed by atoms with E-state index in [1.165, 1.54) is 12.1 Å². The van der Waals surface area contributed by atoms with Crippen molar-refractivity contribution in [1.29, 1.82) is 0 Å². The molecule has 6 nitrogen and oxygen atoms in total. The monoisotopic (exact) mass is 224 g/mol. The smallest absolute Gasteiger partial charge is 0.328 e. The molecule has 1 aromatic rings. The van der Waals surface area contributed by atoms with E-state index >= 15 is 0 Å². The Morgan fingerprint density at radius 3 is 2.62 bits per heavy atom. The minimum absolute atomic E-state index is 0.250. The van der Waals surface area contributed by atoms with Crippen molar-refractivity contribution in [3.8, 4) is 0 Å². The molecule has 5 N–H and O–H groups in total. The van der Waals surface area contributed by atoms with Gasteiger partial charge in [-0.25, -0.2) is 4.79 Å². The fourth-order valence-corrected chi connectivity index (χ4v) is 1.11. The number of aliphatic hydroxyl groups excluding tert-OH is 1. The Hall–Kier alpha value is -2.08. The Kier molecular flexibility index (Phi) is 3.84. The maximum atomic E-state index is 11.5. The van der Waals surface area contributed by atoms with Crippen LogP contribution in [0.2, 0.25) is 0 Å². The Balaban J connectivity index is 2.75. The number of hydrogen-bond acceptors (Lipinski definition) is 4. The number of carbonyl (C=O) groups is 2. The lowest BCUT2D eigenvalue weighted by Crippen LogP contribution is -2.43. The normalized spacial score (nSPS) is 11.8. The lowest BCUT2D eigenvalue weighted by molar-refractivity contribution is -0.140. The molecule has 1 aromatic carbocycles. The van der Waals surface area contributed by atoms with Crippen LogP contribution in [0, 0.1) is 0 Å². The number of nitrogens with one attached hydrogen (secondary N) is 1. The predicted molar refractivity (Wildman–Crippen MR) is 56.8 cm³/mol. The highest BCUT2D eigenvalue weighted by atomic mass is 16.4. The number of amides is 1. The lowest BCUT2D eigenvalue weighted by atomic mass is 10.2. The summed E-state index contributed by atoms with van der Waals surface area (Å²) in [7, 11) is 0. The Bertz CT molecular complexity index is 406. The second kappa shape index (κ2) is 5.13. The lowest BCUT2D eigenvalue weighted by Gasteiger charge is -2.11. The van der Waals surface area contributed by atoms with Gasteiger partial charge in [-0.3, -0.25) is 4.79 Å². The van der Waals surface area contributed by atoms with Gasteiger partial charge in [0.2, 0.25) is 0 Å². The molecule has 0 saturated heterocycles. The van der Waals surface area contributed by atoms with Crippen LogP contribution in [0.1, 0.15) is 10.4 Å². The van der Waals surface area contributed by atoms with E-state index < -0.39 is 24.5 Å². The molecule has 0 bridgehead atoms. The standard InChI is InChI=1S/C10H12N2O4/c11-7-3-1-2-6(4-7)9(14)12-8(5-13)10(15)16/h1-4,8,13H,5,11H2,(H,12,14)(H,15,16)/t8-/m0/s1. The van der Waals surface area contributed by atoms with E-state index in [1.54, 1.807) is 12.1 Å². The molecule has 1 amide bonds. The minimum Gasteiger partial charge on any atom is -0.480 e. The third-order valence-corrected chi connectivity index (χ3v) is 1.93. The molecule has 0 heterocycles. The van der Waals surface area contributed by atoms with Crippen molar-refractivity contribution in [2.45, 2.75) is 6.04 Å². The van der Waals surface area contributed by atoms with E-state index in [2.05, 4.69) is 5.32 Å². The van der Waals surface area contributed by atoms with Crippen LogP contribution in [0.25, 0.3) is 0 Å². The molecule has 86 valence electrons. The number of nitrogens with two attached hydrogens (primary N) is 1. The summed E-state index contributed by atoms with van der Waals surface area (Å²) in [4.78, 5) is 22.1. The van der Waals surface area contributed by atoms with Gasteiger partial charge in [-0.05, 0) is 18.2 Å². The van der Waals surface area contributed by atoms with Gasteiger partial charge < -0.3 is 21.3 Å². The summed E-state index contributed by atoms with van der Waals surface area (Å²) >= 11 is 0. The summed E-state index contributed by atoms with van der Waals surface area (Å²) in [5, 5.41) is 19.5. The van der Waals surface area contributed by atoms with Crippen molar-refractivity contribution in [3.05, 3.63) is 29.8 Å². The average molecular weight is 224 g/mol. The molecule has 0 aliphatic heterocycles. The van der Waals surface area contributed by atoms with Crippen molar-refractivity contribution >= 4 is 17.6 Å². The van der Waals surface area contributed by atoms with Crippen LogP contribution in [-0.2, 0) is 4.79 Å². The quantitative estimate of drug-likeness (QED) is 0.512. The van der Waals surface area contributed by atoms with Crippen LogP contribution in [-0.4, -0.2) is 34.7 Å². The second-order valence-electron chi connectivity index (χ2n) is 3.17. The average Bonchev–Trinajstić information content (AvgIpc) is 2.25. The fraction of sp³-hybridized carbons (Fsp3) is 0.200. The zero-order valence-electron chi connectivity index (χ0n) is 8.38. The first-order valence-corrected chi connectivity index (χ1v) is 4.54. The number of anilines is 1. The Morgan fingerprint density at radius 1 is 1.44 bits per heavy atom. The van der Waals surface area contributed by atoms with Crippen LogP contribution in [0.3, 0.4) is 0 Å². The van der Waals surface area contributed by atoms with E-state index in [9.17, 15) is 9.59 Å². The van der Waals surface area contributed by atoms with E-state index in [-0.39, 0.29) is 5.56 Å². The molecule has 0 aliphatic carbocycles. The first-order valence-electron chi connectivity index (χ1n) is 4.54. The van der Waals surface area contributed by atoms with Crippen LogP contribution in [0.4, 0.5) is 5.69 Å². The minimum atomic E-state index is -1.31. The molecule has 0 spiro atoms. The number of carboxylic acids is 1. The molecule has 0 aliphatic rings. The first-order chi connectivity index (χ1) is 7.54. The zero-order chi connectivity index (χ0) is 12.1. The number of aliphatic carboxylic acids is 1. The molecule has 1 rings (SSSR count). The van der Waals surface area contributed by atoms with Crippen molar-refractivity contribution < 1.29 is 19.8 Å². The van der Waals surface area contributed by atoms with Gasteiger partial charge in [0.05, 0.1) is 6.61 Å². The molecule has 0 radical (unpaired) electrons. The number of hydrogen-bond donors (Lipinski definition) is 4. The summed E-state index contributed by atoms with van der Waals surface area (Å²) in [5.74, 6) is -1.88. The predicted octanol–water partition coefficient (Wildman–Crippen LogP) is -0.556. The zero-order valence-corrected chi connectivity index (χ0v) is 8.38. The van der Waals surface area contributed by atoms with Gasteiger partial charge in [-0.15, -0.1) is 0 Å². The highest BCUT2D eigenvalue weighted by molar-refractivity contribution is 5.97. The van der Waals surface area contributed by atoms with Gasteiger partial charge >= 0.3 is 5.97 Å². The van der Waals surface area contributed by atoms with Crippen LogP contribution in [0.15, 0.2) is 24.3 Å². The molecule has 16 heavy (non-hydrogen) atoms. The summed E-state index contributed by atoms with van der Waals surface area (Å²) in [6.45, 7) is -0.663. The summed E-state index contributed by atoms with van der Waals surface area (Å²) in [6, 6.07) is 4.80. The van der Waals surface area contributed by atoms with E-state index in [0.717, 1.165) is 0 Å². The van der Waals surface area contributed by atoms with E-state index in [0.29, 0.717) is 5.69 Å². The topological polar surface area (TPSA) is 113 Å². The number of benzene rings is 1. The van der Waals surface area contributed by atoms with Crippen LogP contribution in [0.5, 0.6) is 0 Å². The van der Waals surface area contributed by atoms with Crippen molar-refractivity contribution in [2.24, 2.45) is 0 Å². The van der Waals surface area contributed by atoms with Crippen molar-refractivity contribution in [1.82, 2.24) is 5.32 Å². The molecule has 0 unspecified atom stereocenters. The summed E-state index contributed by atoms with van der Waals surface area (Å²) < 4.78 is 0. The molecule has 0 saturated carbocycles. The Labute approximate surface area is 91.7 Å². The highest BCUT2D eigenvalue weighted by Crippen LogP contribution is 2.06. The summed E-state index contributed by atoms with van der Waals surface area (Å²) in [5.41, 5.74) is 6.13. The van der Waals surface area contributed by atoms with Crippen molar-refractivity contribution in [2.75, 3.05) is 12.3 Å². The third-order valence-electron chi connectivity index (χ3n) is 1.93.